The smallest absolute Gasteiger partial charge is 0.355 e. The molecule has 0 amide bonds. The standard InChI is InChI=1S/C20H15Cl2NO5S/c1-26-18(24)15-16(19(25)27-2)23-13-5-3-4-6-14(13)29-20(23)28-17(15)10-7-8-11(21)12(22)9-10/h3-9,17,20H,1-2H3/t17-,20-/m1/s1. The molecule has 9 heteroatoms. The van der Waals surface area contributed by atoms with Crippen LogP contribution in [0.1, 0.15) is 11.7 Å². The number of ether oxygens (including phenoxy) is 3. The summed E-state index contributed by atoms with van der Waals surface area (Å²) in [5.74, 6) is -1.37. The maximum absolute atomic E-state index is 12.8. The van der Waals surface area contributed by atoms with Gasteiger partial charge >= 0.3 is 11.9 Å². The Morgan fingerprint density at radius 1 is 1.03 bits per heavy atom. The summed E-state index contributed by atoms with van der Waals surface area (Å²) < 4.78 is 16.2. The Kier molecular flexibility index (Phi) is 5.48. The molecule has 0 saturated carbocycles. The van der Waals surface area contributed by atoms with Crippen LogP contribution in [0, 0.1) is 0 Å². The van der Waals surface area contributed by atoms with Crippen molar-refractivity contribution in [3.8, 4) is 0 Å². The number of rotatable bonds is 3. The van der Waals surface area contributed by atoms with Crippen molar-refractivity contribution in [1.29, 1.82) is 0 Å². The van der Waals surface area contributed by atoms with Crippen molar-refractivity contribution in [1.82, 2.24) is 0 Å². The van der Waals surface area contributed by atoms with Crippen molar-refractivity contribution in [3.05, 3.63) is 69.3 Å². The van der Waals surface area contributed by atoms with Gasteiger partial charge in [-0.1, -0.05) is 53.2 Å². The van der Waals surface area contributed by atoms with Gasteiger partial charge in [-0.3, -0.25) is 4.90 Å². The van der Waals surface area contributed by atoms with Crippen LogP contribution in [0.2, 0.25) is 10.0 Å². The molecule has 29 heavy (non-hydrogen) atoms. The molecule has 2 aromatic rings. The van der Waals surface area contributed by atoms with Gasteiger partial charge in [0.25, 0.3) is 0 Å². The molecule has 0 N–H and O–H groups in total. The van der Waals surface area contributed by atoms with Crippen LogP contribution in [0.4, 0.5) is 5.69 Å². The molecule has 0 aromatic heterocycles. The van der Waals surface area contributed by atoms with Crippen molar-refractivity contribution < 1.29 is 23.8 Å². The van der Waals surface area contributed by atoms with Gasteiger partial charge in [0.1, 0.15) is 17.4 Å². The van der Waals surface area contributed by atoms with Gasteiger partial charge in [-0.2, -0.15) is 0 Å². The number of methoxy groups -OCH3 is 2. The van der Waals surface area contributed by atoms with Gasteiger partial charge in [0.2, 0.25) is 0 Å². The number of hydrogen-bond donors (Lipinski definition) is 0. The van der Waals surface area contributed by atoms with Gasteiger partial charge in [0.05, 0.1) is 30.0 Å². The van der Waals surface area contributed by atoms with Gasteiger partial charge in [-0.05, 0) is 29.8 Å². The first-order valence-electron chi connectivity index (χ1n) is 8.52. The Morgan fingerprint density at radius 2 is 1.76 bits per heavy atom. The van der Waals surface area contributed by atoms with E-state index in [9.17, 15) is 9.59 Å². The molecule has 0 aliphatic carbocycles. The van der Waals surface area contributed by atoms with Crippen LogP contribution in [-0.2, 0) is 23.8 Å². The Balaban J connectivity index is 1.95. The molecule has 2 heterocycles. The van der Waals surface area contributed by atoms with Gasteiger partial charge in [0, 0.05) is 4.90 Å². The van der Waals surface area contributed by atoms with E-state index in [1.165, 1.54) is 26.0 Å². The zero-order valence-electron chi connectivity index (χ0n) is 15.3. The minimum atomic E-state index is -0.894. The van der Waals surface area contributed by atoms with Crippen LogP contribution in [0.3, 0.4) is 0 Å². The molecular weight excluding hydrogens is 437 g/mol. The molecule has 2 aliphatic heterocycles. The predicted octanol–water partition coefficient (Wildman–Crippen LogP) is 4.56. The van der Waals surface area contributed by atoms with Crippen LogP contribution in [0.25, 0.3) is 0 Å². The van der Waals surface area contributed by atoms with Gasteiger partial charge in [-0.25, -0.2) is 9.59 Å². The molecule has 0 fully saturated rings. The molecule has 2 aliphatic rings. The van der Waals surface area contributed by atoms with Crippen molar-refractivity contribution in [2.75, 3.05) is 19.1 Å². The van der Waals surface area contributed by atoms with E-state index in [2.05, 4.69) is 0 Å². The Hall–Kier alpha value is -2.19. The summed E-state index contributed by atoms with van der Waals surface area (Å²) in [6, 6.07) is 12.4. The van der Waals surface area contributed by atoms with E-state index < -0.39 is 23.6 Å². The topological polar surface area (TPSA) is 65.1 Å². The van der Waals surface area contributed by atoms with Gasteiger partial charge < -0.3 is 14.2 Å². The lowest BCUT2D eigenvalue weighted by atomic mass is 9.97. The monoisotopic (exact) mass is 451 g/mol. The van der Waals surface area contributed by atoms with Crippen molar-refractivity contribution >= 4 is 52.6 Å². The van der Waals surface area contributed by atoms with Crippen LogP contribution in [-0.4, -0.2) is 31.7 Å². The molecular formula is C20H15Cl2NO5S. The lowest BCUT2D eigenvalue weighted by Gasteiger charge is -2.37. The molecule has 2 atom stereocenters. The van der Waals surface area contributed by atoms with Crippen LogP contribution >= 0.6 is 35.0 Å². The summed E-state index contributed by atoms with van der Waals surface area (Å²) in [5.41, 5.74) is 0.846. The van der Waals surface area contributed by atoms with E-state index >= 15 is 0 Å². The lowest BCUT2D eigenvalue weighted by molar-refractivity contribution is -0.142. The molecule has 6 nitrogen and oxygen atoms in total. The largest absolute Gasteiger partial charge is 0.466 e. The fourth-order valence-electron chi connectivity index (χ4n) is 3.32. The van der Waals surface area contributed by atoms with Crippen LogP contribution in [0.15, 0.2) is 58.6 Å². The molecule has 0 saturated heterocycles. The maximum atomic E-state index is 12.8. The number of halogens is 2. The molecule has 0 bridgehead atoms. The van der Waals surface area contributed by atoms with E-state index in [1.807, 2.05) is 24.3 Å². The average Bonchev–Trinajstić information content (AvgIpc) is 3.11. The van der Waals surface area contributed by atoms with E-state index in [1.54, 1.807) is 23.1 Å². The highest BCUT2D eigenvalue weighted by molar-refractivity contribution is 8.00. The zero-order chi connectivity index (χ0) is 20.7. The molecule has 0 radical (unpaired) electrons. The van der Waals surface area contributed by atoms with Gasteiger partial charge in [-0.15, -0.1) is 0 Å². The molecule has 4 rings (SSSR count). The SMILES string of the molecule is COC(=O)C1=C(C(=O)OC)N2c3ccccc3S[C@H]2O[C@@H]1c1ccc(Cl)c(Cl)c1. The zero-order valence-corrected chi connectivity index (χ0v) is 17.7. The second-order valence-electron chi connectivity index (χ2n) is 6.20. The molecule has 0 spiro atoms. The lowest BCUT2D eigenvalue weighted by Crippen LogP contribution is -2.43. The number of para-hydroxylation sites is 1. The third-order valence-corrected chi connectivity index (χ3v) is 6.47. The number of carbonyl (C=O) groups is 2. The predicted molar refractivity (Wildman–Crippen MR) is 110 cm³/mol. The first-order valence-corrected chi connectivity index (χ1v) is 10.2. The number of fused-ring (bicyclic) bond motifs is 3. The van der Waals surface area contributed by atoms with Crippen molar-refractivity contribution in [2.45, 2.75) is 16.6 Å². The molecule has 150 valence electrons. The first kappa shape index (κ1) is 20.1. The highest BCUT2D eigenvalue weighted by atomic mass is 35.5. The Bertz CT molecular complexity index is 1040. The summed E-state index contributed by atoms with van der Waals surface area (Å²) in [7, 11) is 2.51. The van der Waals surface area contributed by atoms with E-state index in [0.29, 0.717) is 15.6 Å². The maximum Gasteiger partial charge on any atom is 0.355 e. The Labute approximate surface area is 181 Å². The Morgan fingerprint density at radius 3 is 2.45 bits per heavy atom. The second-order valence-corrected chi connectivity index (χ2v) is 8.09. The number of thioether (sulfide) groups is 1. The number of nitrogens with zero attached hydrogens (tertiary/aromatic N) is 1. The van der Waals surface area contributed by atoms with E-state index in [4.69, 9.17) is 37.4 Å². The fraction of sp³-hybridized carbons (Fsp3) is 0.200. The van der Waals surface area contributed by atoms with Gasteiger partial charge in [0.15, 0.2) is 5.56 Å². The second kappa shape index (κ2) is 7.91. The van der Waals surface area contributed by atoms with Crippen molar-refractivity contribution in [3.63, 3.8) is 0 Å². The minimum Gasteiger partial charge on any atom is -0.466 e. The highest BCUT2D eigenvalue weighted by Crippen LogP contribution is 2.52. The molecule has 2 aromatic carbocycles. The normalized spacial score (nSPS) is 20.2. The van der Waals surface area contributed by atoms with E-state index in [0.717, 1.165) is 10.6 Å². The summed E-state index contributed by atoms with van der Waals surface area (Å²) >= 11 is 13.6. The third kappa shape index (κ3) is 3.38. The van der Waals surface area contributed by atoms with E-state index in [-0.39, 0.29) is 11.3 Å². The number of anilines is 1. The molecule has 0 unspecified atom stereocenters. The van der Waals surface area contributed by atoms with Crippen LogP contribution in [0.5, 0.6) is 0 Å². The minimum absolute atomic E-state index is 0.0336. The summed E-state index contributed by atoms with van der Waals surface area (Å²) in [6.07, 6.45) is -0.894. The number of carbonyl (C=O) groups excluding carboxylic acids is 2. The summed E-state index contributed by atoms with van der Waals surface area (Å²) in [4.78, 5) is 28.2. The van der Waals surface area contributed by atoms with Crippen molar-refractivity contribution in [2.24, 2.45) is 0 Å². The van der Waals surface area contributed by atoms with Crippen LogP contribution < -0.4 is 4.90 Å². The third-order valence-electron chi connectivity index (χ3n) is 4.60. The first-order chi connectivity index (χ1) is 14.0. The highest BCUT2D eigenvalue weighted by Gasteiger charge is 2.47. The number of benzene rings is 2. The average molecular weight is 452 g/mol. The number of hydrogen-bond acceptors (Lipinski definition) is 7. The quantitative estimate of drug-likeness (QED) is 0.633. The number of esters is 2. The summed E-state index contributed by atoms with van der Waals surface area (Å²) in [6.45, 7) is 0. The fourth-order valence-corrected chi connectivity index (χ4v) is 4.78. The summed E-state index contributed by atoms with van der Waals surface area (Å²) in [5, 5.41) is 0.675.